The first kappa shape index (κ1) is 52.8. The van der Waals surface area contributed by atoms with Crippen LogP contribution in [0.3, 0.4) is 0 Å². The van der Waals surface area contributed by atoms with Crippen LogP contribution in [0.5, 0.6) is 0 Å². The normalized spacial score (nSPS) is 13.6. The standard InChI is InChI=1S/C49H95NO4/c1-3-5-7-9-11-13-15-17-19-21-23-24-25-26-27-29-31-33-35-37-39-41-43-47(52)49(54)46(45-51)50-48(53)44-42-40-38-36-34-32-30-28-22-20-18-16-14-12-10-8-6-4-2/h27,29,35,37,46-47,49,51-52,54H,3-26,28,30-34,36,38-45H2,1-2H3,(H,50,53)/b29-27+,37-35+. The first-order valence-electron chi connectivity index (χ1n) is 24.1. The molecule has 0 saturated heterocycles. The van der Waals surface area contributed by atoms with Crippen molar-refractivity contribution in [3.63, 3.8) is 0 Å². The summed E-state index contributed by atoms with van der Waals surface area (Å²) in [5, 5.41) is 33.6. The molecule has 0 aromatic rings. The molecule has 0 aliphatic rings. The second-order valence-corrected chi connectivity index (χ2v) is 16.7. The number of rotatable bonds is 44. The molecule has 0 aromatic carbocycles. The molecule has 0 aromatic heterocycles. The Labute approximate surface area is 337 Å². The lowest BCUT2D eigenvalue weighted by Gasteiger charge is -2.26. The molecule has 320 valence electrons. The van der Waals surface area contributed by atoms with Gasteiger partial charge in [0.15, 0.2) is 0 Å². The number of allylic oxidation sites excluding steroid dienone is 4. The summed E-state index contributed by atoms with van der Waals surface area (Å²) in [5.74, 6) is -0.155. The molecule has 0 rings (SSSR count). The molecular weight excluding hydrogens is 667 g/mol. The maximum absolute atomic E-state index is 12.4. The molecule has 0 aliphatic carbocycles. The fourth-order valence-corrected chi connectivity index (χ4v) is 7.53. The van der Waals surface area contributed by atoms with Crippen LogP contribution in [0.1, 0.15) is 258 Å². The fourth-order valence-electron chi connectivity index (χ4n) is 7.53. The molecule has 0 heterocycles. The largest absolute Gasteiger partial charge is 0.394 e. The van der Waals surface area contributed by atoms with Gasteiger partial charge >= 0.3 is 0 Å². The van der Waals surface area contributed by atoms with Crippen LogP contribution in [-0.4, -0.2) is 46.1 Å². The summed E-state index contributed by atoms with van der Waals surface area (Å²) in [6.45, 7) is 4.19. The average Bonchev–Trinajstić information content (AvgIpc) is 3.18. The lowest BCUT2D eigenvalue weighted by atomic mass is 10.0. The number of aliphatic hydroxyl groups excluding tert-OH is 3. The molecular formula is C49H95NO4. The van der Waals surface area contributed by atoms with E-state index >= 15 is 0 Å². The van der Waals surface area contributed by atoms with E-state index in [2.05, 4.69) is 43.5 Å². The number of unbranched alkanes of at least 4 members (excludes halogenated alkanes) is 32. The second kappa shape index (κ2) is 44.5. The van der Waals surface area contributed by atoms with E-state index in [1.807, 2.05) is 0 Å². The molecule has 0 saturated carbocycles. The van der Waals surface area contributed by atoms with Crippen molar-refractivity contribution in [2.45, 2.75) is 276 Å². The smallest absolute Gasteiger partial charge is 0.220 e. The van der Waals surface area contributed by atoms with Gasteiger partial charge in [-0.05, 0) is 51.4 Å². The van der Waals surface area contributed by atoms with Gasteiger partial charge in [0.2, 0.25) is 5.91 Å². The Balaban J connectivity index is 3.64. The van der Waals surface area contributed by atoms with Gasteiger partial charge in [-0.1, -0.05) is 224 Å². The van der Waals surface area contributed by atoms with Crippen LogP contribution in [0.15, 0.2) is 24.3 Å². The molecule has 54 heavy (non-hydrogen) atoms. The third-order valence-electron chi connectivity index (χ3n) is 11.3. The highest BCUT2D eigenvalue weighted by Gasteiger charge is 2.26. The Morgan fingerprint density at radius 1 is 0.444 bits per heavy atom. The summed E-state index contributed by atoms with van der Waals surface area (Å²) in [4.78, 5) is 12.4. The molecule has 5 nitrogen and oxygen atoms in total. The van der Waals surface area contributed by atoms with Crippen molar-refractivity contribution in [3.8, 4) is 0 Å². The molecule has 5 heteroatoms. The van der Waals surface area contributed by atoms with Gasteiger partial charge in [-0.2, -0.15) is 0 Å². The first-order chi connectivity index (χ1) is 26.6. The van der Waals surface area contributed by atoms with Crippen LogP contribution in [0.2, 0.25) is 0 Å². The second-order valence-electron chi connectivity index (χ2n) is 16.7. The number of hydrogen-bond donors (Lipinski definition) is 4. The van der Waals surface area contributed by atoms with Crippen molar-refractivity contribution >= 4 is 5.91 Å². The maximum Gasteiger partial charge on any atom is 0.220 e. The van der Waals surface area contributed by atoms with E-state index < -0.39 is 18.2 Å². The predicted octanol–water partition coefficient (Wildman–Crippen LogP) is 14.2. The van der Waals surface area contributed by atoms with Gasteiger partial charge in [0.1, 0.15) is 6.10 Å². The molecule has 3 unspecified atom stereocenters. The quantitative estimate of drug-likeness (QED) is 0.0368. The third-order valence-corrected chi connectivity index (χ3v) is 11.3. The van der Waals surface area contributed by atoms with Gasteiger partial charge < -0.3 is 20.6 Å². The highest BCUT2D eigenvalue weighted by Crippen LogP contribution is 2.16. The third kappa shape index (κ3) is 39.1. The zero-order valence-corrected chi connectivity index (χ0v) is 36.4. The molecule has 0 fully saturated rings. The number of carbonyl (C=O) groups excluding carboxylic acids is 1. The van der Waals surface area contributed by atoms with E-state index in [1.54, 1.807) is 0 Å². The van der Waals surface area contributed by atoms with Crippen LogP contribution in [0.4, 0.5) is 0 Å². The number of amides is 1. The number of aliphatic hydroxyl groups is 3. The number of carbonyl (C=O) groups is 1. The van der Waals surface area contributed by atoms with E-state index in [1.165, 1.54) is 186 Å². The Hall–Kier alpha value is -1.17. The zero-order chi connectivity index (χ0) is 39.4. The van der Waals surface area contributed by atoms with Gasteiger partial charge in [0.05, 0.1) is 18.8 Å². The highest BCUT2D eigenvalue weighted by molar-refractivity contribution is 5.76. The minimum atomic E-state index is -1.16. The van der Waals surface area contributed by atoms with Crippen molar-refractivity contribution in [3.05, 3.63) is 24.3 Å². The average molecular weight is 762 g/mol. The van der Waals surface area contributed by atoms with Gasteiger partial charge in [-0.3, -0.25) is 4.79 Å². The molecule has 0 spiro atoms. The van der Waals surface area contributed by atoms with Gasteiger partial charge in [0, 0.05) is 6.42 Å². The van der Waals surface area contributed by atoms with Gasteiger partial charge in [-0.15, -0.1) is 0 Å². The van der Waals surface area contributed by atoms with Crippen LogP contribution >= 0.6 is 0 Å². The summed E-state index contributed by atoms with van der Waals surface area (Å²) in [7, 11) is 0. The minimum absolute atomic E-state index is 0.155. The van der Waals surface area contributed by atoms with Gasteiger partial charge in [0.25, 0.3) is 0 Å². The van der Waals surface area contributed by atoms with Crippen molar-refractivity contribution < 1.29 is 20.1 Å². The van der Waals surface area contributed by atoms with Gasteiger partial charge in [-0.25, -0.2) is 0 Å². The Bertz CT molecular complexity index is 799. The van der Waals surface area contributed by atoms with E-state index in [9.17, 15) is 20.1 Å². The van der Waals surface area contributed by atoms with Crippen molar-refractivity contribution in [2.24, 2.45) is 0 Å². The SMILES string of the molecule is CCCCCCCCCCCCCCC/C=C/CC/C=C/CCCC(O)C(O)C(CO)NC(=O)CCCCCCCCCCCCCCCCCCCC. The summed E-state index contributed by atoms with van der Waals surface area (Å²) in [6, 6.07) is -0.829. The lowest BCUT2D eigenvalue weighted by Crippen LogP contribution is -2.50. The van der Waals surface area contributed by atoms with Crippen molar-refractivity contribution in [1.82, 2.24) is 5.32 Å². The zero-order valence-electron chi connectivity index (χ0n) is 36.4. The Morgan fingerprint density at radius 3 is 1.13 bits per heavy atom. The van der Waals surface area contributed by atoms with Crippen LogP contribution in [0.25, 0.3) is 0 Å². The summed E-state index contributed by atoms with van der Waals surface area (Å²) >= 11 is 0. The molecule has 4 N–H and O–H groups in total. The fraction of sp³-hybridized carbons (Fsp3) is 0.898. The van der Waals surface area contributed by atoms with Crippen LogP contribution in [-0.2, 0) is 4.79 Å². The highest BCUT2D eigenvalue weighted by atomic mass is 16.3. The van der Waals surface area contributed by atoms with E-state index in [-0.39, 0.29) is 12.5 Å². The Morgan fingerprint density at radius 2 is 0.759 bits per heavy atom. The molecule has 0 bridgehead atoms. The van der Waals surface area contributed by atoms with E-state index in [0.29, 0.717) is 12.8 Å². The summed E-state index contributed by atoms with van der Waals surface area (Å²) in [6.07, 6.45) is 54.4. The van der Waals surface area contributed by atoms with Crippen LogP contribution in [0, 0.1) is 0 Å². The maximum atomic E-state index is 12.4. The summed E-state index contributed by atoms with van der Waals surface area (Å²) in [5.41, 5.74) is 0. The topological polar surface area (TPSA) is 89.8 Å². The number of nitrogens with one attached hydrogen (secondary N) is 1. The molecule has 0 aliphatic heterocycles. The first-order valence-corrected chi connectivity index (χ1v) is 24.1. The molecule has 1 amide bonds. The lowest BCUT2D eigenvalue weighted by molar-refractivity contribution is -0.124. The number of hydrogen-bond acceptors (Lipinski definition) is 4. The van der Waals surface area contributed by atoms with Crippen molar-refractivity contribution in [1.29, 1.82) is 0 Å². The monoisotopic (exact) mass is 762 g/mol. The van der Waals surface area contributed by atoms with Crippen molar-refractivity contribution in [2.75, 3.05) is 6.61 Å². The summed E-state index contributed by atoms with van der Waals surface area (Å²) < 4.78 is 0. The van der Waals surface area contributed by atoms with Crippen LogP contribution < -0.4 is 5.32 Å². The van der Waals surface area contributed by atoms with E-state index in [0.717, 1.165) is 44.9 Å². The predicted molar refractivity (Wildman–Crippen MR) is 236 cm³/mol. The minimum Gasteiger partial charge on any atom is -0.394 e. The van der Waals surface area contributed by atoms with E-state index in [4.69, 9.17) is 0 Å². The molecule has 0 radical (unpaired) electrons. The molecule has 3 atom stereocenters. The Kier molecular flexibility index (Phi) is 43.6.